The largest absolute Gasteiger partial charge is 0.493 e. The maximum absolute atomic E-state index is 13.0. The summed E-state index contributed by atoms with van der Waals surface area (Å²) in [5.41, 5.74) is 1.78. The van der Waals surface area contributed by atoms with E-state index in [-0.39, 0.29) is 22.2 Å². The van der Waals surface area contributed by atoms with Gasteiger partial charge in [0, 0.05) is 35.0 Å². The number of alkyl halides is 3. The Morgan fingerprint density at radius 2 is 1.92 bits per heavy atom. The maximum Gasteiger partial charge on any atom is 0.493 e. The highest BCUT2D eigenvalue weighted by Crippen LogP contribution is 2.37. The monoisotopic (exact) mass is 555 g/mol. The molecule has 5 rings (SSSR count). The van der Waals surface area contributed by atoms with Crippen LogP contribution in [0, 0.1) is 5.92 Å². The number of carbonyl (C=O) groups is 2. The Kier molecular flexibility index (Phi) is 6.95. The molecular formula is C24H22Cl2F3N5O3. The molecule has 2 aliphatic heterocycles. The number of nitrogens with zero attached hydrogens (tertiary/aromatic N) is 3. The van der Waals surface area contributed by atoms with E-state index >= 15 is 0 Å². The van der Waals surface area contributed by atoms with Gasteiger partial charge in [-0.3, -0.25) is 9.89 Å². The number of aromatic amines is 1. The van der Waals surface area contributed by atoms with Crippen molar-refractivity contribution in [3.05, 3.63) is 57.7 Å². The number of benzene rings is 2. The summed E-state index contributed by atoms with van der Waals surface area (Å²) < 4.78 is 39.1. The molecule has 2 aromatic carbocycles. The summed E-state index contributed by atoms with van der Waals surface area (Å²) in [6.07, 6.45) is -4.32. The fraction of sp³-hybridized carbons (Fsp3) is 0.375. The van der Waals surface area contributed by atoms with E-state index in [0.29, 0.717) is 37.4 Å². The lowest BCUT2D eigenvalue weighted by atomic mass is 9.91. The summed E-state index contributed by atoms with van der Waals surface area (Å²) >= 11 is 12.3. The first-order valence-electron chi connectivity index (χ1n) is 11.6. The second-order valence-electron chi connectivity index (χ2n) is 9.05. The van der Waals surface area contributed by atoms with Gasteiger partial charge in [-0.2, -0.15) is 23.3 Å². The van der Waals surface area contributed by atoms with Crippen LogP contribution in [0.25, 0.3) is 10.9 Å². The molecule has 0 bridgehead atoms. The van der Waals surface area contributed by atoms with Crippen LogP contribution in [0.2, 0.25) is 10.0 Å². The van der Waals surface area contributed by atoms with E-state index in [4.69, 9.17) is 28.0 Å². The minimum atomic E-state index is -5.20. The van der Waals surface area contributed by atoms with Crippen molar-refractivity contribution in [1.29, 1.82) is 0 Å². The Hall–Kier alpha value is -3.02. The lowest BCUT2D eigenvalue weighted by Gasteiger charge is -2.43. The van der Waals surface area contributed by atoms with Crippen LogP contribution in [0.1, 0.15) is 28.9 Å². The Morgan fingerprint density at radius 1 is 1.16 bits per heavy atom. The van der Waals surface area contributed by atoms with Gasteiger partial charge in [0.2, 0.25) is 0 Å². The number of amides is 1. The minimum absolute atomic E-state index is 0.0195. The molecule has 1 saturated heterocycles. The lowest BCUT2D eigenvalue weighted by Crippen LogP contribution is -2.59. The van der Waals surface area contributed by atoms with Crippen LogP contribution >= 0.6 is 23.2 Å². The van der Waals surface area contributed by atoms with Gasteiger partial charge >= 0.3 is 12.1 Å². The van der Waals surface area contributed by atoms with Crippen molar-refractivity contribution in [3.8, 4) is 0 Å². The first kappa shape index (κ1) is 25.6. The number of hydrogen-bond acceptors (Lipinski definition) is 6. The molecule has 1 amide bonds. The van der Waals surface area contributed by atoms with Crippen LogP contribution in [0.3, 0.4) is 0 Å². The number of hydroxylamine groups is 1. The van der Waals surface area contributed by atoms with Crippen molar-refractivity contribution in [2.24, 2.45) is 5.92 Å². The van der Waals surface area contributed by atoms with Gasteiger partial charge in [-0.15, -0.1) is 0 Å². The van der Waals surface area contributed by atoms with Crippen molar-refractivity contribution < 1.29 is 27.6 Å². The van der Waals surface area contributed by atoms with Crippen molar-refractivity contribution in [1.82, 2.24) is 20.4 Å². The van der Waals surface area contributed by atoms with Gasteiger partial charge in [0.05, 0.1) is 21.8 Å². The van der Waals surface area contributed by atoms with Crippen LogP contribution in [0.5, 0.6) is 0 Å². The van der Waals surface area contributed by atoms with Crippen molar-refractivity contribution in [2.75, 3.05) is 24.7 Å². The normalized spacial score (nSPS) is 19.1. The summed E-state index contributed by atoms with van der Waals surface area (Å²) in [6.45, 7) is 2.03. The molecule has 2 N–H and O–H groups in total. The van der Waals surface area contributed by atoms with E-state index in [0.717, 1.165) is 28.2 Å². The molecule has 13 heteroatoms. The van der Waals surface area contributed by atoms with E-state index in [1.807, 2.05) is 12.1 Å². The number of H-pyrrole nitrogens is 1. The number of aromatic nitrogens is 2. The van der Waals surface area contributed by atoms with Gasteiger partial charge in [0.25, 0.3) is 5.91 Å². The summed E-state index contributed by atoms with van der Waals surface area (Å²) in [7, 11) is 0. The average molecular weight is 556 g/mol. The van der Waals surface area contributed by atoms with Gasteiger partial charge in [-0.05, 0) is 56.3 Å². The third-order valence-electron chi connectivity index (χ3n) is 6.75. The maximum atomic E-state index is 13.0. The highest BCUT2D eigenvalue weighted by Gasteiger charge is 2.47. The fourth-order valence-electron chi connectivity index (χ4n) is 4.88. The number of carbonyl (C=O) groups excluding carboxylic acids is 2. The zero-order chi connectivity index (χ0) is 26.3. The lowest BCUT2D eigenvalue weighted by molar-refractivity contribution is -0.203. The van der Waals surface area contributed by atoms with E-state index in [1.165, 1.54) is 18.2 Å². The summed E-state index contributed by atoms with van der Waals surface area (Å²) in [4.78, 5) is 31.6. The van der Waals surface area contributed by atoms with Gasteiger partial charge in [-0.25, -0.2) is 4.79 Å². The van der Waals surface area contributed by atoms with Crippen molar-refractivity contribution in [2.45, 2.75) is 31.6 Å². The number of anilines is 1. The molecule has 0 spiro atoms. The minimum Gasteiger partial charge on any atom is -0.330 e. The molecule has 2 aliphatic rings. The molecule has 1 aromatic heterocycles. The van der Waals surface area contributed by atoms with Crippen molar-refractivity contribution >= 4 is 51.7 Å². The number of rotatable bonds is 5. The highest BCUT2D eigenvalue weighted by atomic mass is 35.5. The van der Waals surface area contributed by atoms with Crippen LogP contribution in [-0.4, -0.2) is 59.0 Å². The van der Waals surface area contributed by atoms with E-state index in [9.17, 15) is 22.8 Å². The molecule has 3 aromatic rings. The average Bonchev–Trinajstić information content (AvgIpc) is 3.26. The van der Waals surface area contributed by atoms with E-state index in [2.05, 4.69) is 20.4 Å². The SMILES string of the molecule is O=C1NC(C2CCN(CCc3[nH]nc4ccc(Cl)cc34)CC2)N(OC(=O)C(F)(F)F)c2cccc(Cl)c21. The predicted molar refractivity (Wildman–Crippen MR) is 131 cm³/mol. The molecule has 1 unspecified atom stereocenters. The second-order valence-corrected chi connectivity index (χ2v) is 9.89. The molecule has 0 saturated carbocycles. The van der Waals surface area contributed by atoms with E-state index in [1.54, 1.807) is 6.07 Å². The molecular weight excluding hydrogens is 534 g/mol. The number of halogens is 5. The number of nitrogens with one attached hydrogen (secondary N) is 2. The fourth-order valence-corrected chi connectivity index (χ4v) is 5.31. The second kappa shape index (κ2) is 10.0. The molecule has 196 valence electrons. The first-order valence-corrected chi connectivity index (χ1v) is 12.4. The Morgan fingerprint density at radius 3 is 2.65 bits per heavy atom. The number of fused-ring (bicyclic) bond motifs is 2. The van der Waals surface area contributed by atoms with Gasteiger partial charge in [0.15, 0.2) is 0 Å². The van der Waals surface area contributed by atoms with Crippen LogP contribution < -0.4 is 10.4 Å². The standard InChI is InChI=1S/C24H22Cl2F3N5O3/c25-14-4-5-17-15(12-14)18(32-31-17)8-11-33-9-6-13(7-10-33)21-30-22(35)20-16(26)2-1-3-19(20)34(21)37-23(36)24(27,28)29/h1-5,12-13,21H,6-11H2,(H,30,35)(H,31,32). The smallest absolute Gasteiger partial charge is 0.330 e. The molecule has 1 fully saturated rings. The molecule has 0 aliphatic carbocycles. The van der Waals surface area contributed by atoms with E-state index < -0.39 is 24.2 Å². The topological polar surface area (TPSA) is 90.6 Å². The zero-order valence-corrected chi connectivity index (χ0v) is 20.8. The van der Waals surface area contributed by atoms with Gasteiger partial charge in [0.1, 0.15) is 6.17 Å². The summed E-state index contributed by atoms with van der Waals surface area (Å²) in [5, 5.41) is 12.5. The summed E-state index contributed by atoms with van der Waals surface area (Å²) in [6, 6.07) is 9.84. The Labute approximate surface area is 219 Å². The molecule has 3 heterocycles. The Balaban J connectivity index is 1.28. The Bertz CT molecular complexity index is 1340. The molecule has 37 heavy (non-hydrogen) atoms. The number of piperidine rings is 1. The molecule has 0 radical (unpaired) electrons. The van der Waals surface area contributed by atoms with Gasteiger partial charge in [-0.1, -0.05) is 29.3 Å². The first-order chi connectivity index (χ1) is 17.6. The third-order valence-corrected chi connectivity index (χ3v) is 7.30. The van der Waals surface area contributed by atoms with Crippen LogP contribution in [0.15, 0.2) is 36.4 Å². The summed E-state index contributed by atoms with van der Waals surface area (Å²) in [5.74, 6) is -3.17. The number of likely N-dealkylation sites (tertiary alicyclic amines) is 1. The third kappa shape index (κ3) is 5.21. The predicted octanol–water partition coefficient (Wildman–Crippen LogP) is 4.72. The quantitative estimate of drug-likeness (QED) is 0.473. The molecule has 1 atom stereocenters. The highest BCUT2D eigenvalue weighted by molar-refractivity contribution is 6.34. The molecule has 8 nitrogen and oxygen atoms in total. The number of hydrogen-bond donors (Lipinski definition) is 2. The van der Waals surface area contributed by atoms with Crippen molar-refractivity contribution in [3.63, 3.8) is 0 Å². The zero-order valence-electron chi connectivity index (χ0n) is 19.3. The van der Waals surface area contributed by atoms with Gasteiger partial charge < -0.3 is 15.1 Å². The van der Waals surface area contributed by atoms with Crippen LogP contribution in [0.4, 0.5) is 18.9 Å². The van der Waals surface area contributed by atoms with Crippen LogP contribution in [-0.2, 0) is 16.1 Å².